The summed E-state index contributed by atoms with van der Waals surface area (Å²) < 4.78 is 15.6. The Morgan fingerprint density at radius 1 is 1.27 bits per heavy atom. The minimum Gasteiger partial charge on any atom is -0.508 e. The lowest BCUT2D eigenvalue weighted by atomic mass is 9.57. The molecule has 0 saturated heterocycles. The van der Waals surface area contributed by atoms with Gasteiger partial charge < -0.3 is 31.5 Å². The summed E-state index contributed by atoms with van der Waals surface area (Å²) in [5.41, 5.74) is 1.36. The number of fused-ring (bicyclic) bond motifs is 3. The average molecular weight is 518 g/mol. The van der Waals surface area contributed by atoms with E-state index in [1.165, 1.54) is 25.1 Å². The van der Waals surface area contributed by atoms with Gasteiger partial charge in [-0.15, -0.1) is 0 Å². The van der Waals surface area contributed by atoms with Crippen LogP contribution in [0.4, 0.5) is 4.39 Å². The van der Waals surface area contributed by atoms with E-state index < -0.39 is 69.6 Å². The summed E-state index contributed by atoms with van der Waals surface area (Å²) in [7, 11) is 3.03. The molecule has 10 nitrogen and oxygen atoms in total. The molecule has 1 fully saturated rings. The topological polar surface area (TPSA) is 173 Å². The number of hydrogen-bond donors (Lipinski definition) is 6. The molecule has 1 aromatic rings. The van der Waals surface area contributed by atoms with Crippen LogP contribution in [0.25, 0.3) is 5.76 Å². The lowest BCUT2D eigenvalue weighted by Crippen LogP contribution is -2.65. The number of nitrogens with zero attached hydrogens (tertiary/aromatic N) is 1. The first-order chi connectivity index (χ1) is 17.4. The van der Waals surface area contributed by atoms with E-state index in [2.05, 4.69) is 5.32 Å². The van der Waals surface area contributed by atoms with Gasteiger partial charge in [-0.2, -0.15) is 0 Å². The van der Waals surface area contributed by atoms with Crippen molar-refractivity contribution >= 4 is 23.2 Å². The maximum Gasteiger partial charge on any atom is 0.255 e. The number of Topliss-reactive ketones (excluding diaryl/α,β-unsaturated/α-hetero) is 2. The fourth-order valence-corrected chi connectivity index (χ4v) is 6.00. The van der Waals surface area contributed by atoms with Gasteiger partial charge in [0.05, 0.1) is 11.6 Å². The second-order valence-electron chi connectivity index (χ2n) is 10.2. The third kappa shape index (κ3) is 3.92. The van der Waals surface area contributed by atoms with Crippen LogP contribution in [0.2, 0.25) is 0 Å². The zero-order valence-electron chi connectivity index (χ0n) is 21.0. The van der Waals surface area contributed by atoms with Gasteiger partial charge >= 0.3 is 0 Å². The highest BCUT2D eigenvalue weighted by Crippen LogP contribution is 2.53. The third-order valence-corrected chi connectivity index (χ3v) is 7.75. The monoisotopic (exact) mass is 517 g/mol. The second-order valence-corrected chi connectivity index (χ2v) is 10.2. The Labute approximate surface area is 213 Å². The van der Waals surface area contributed by atoms with Gasteiger partial charge in [0.1, 0.15) is 28.7 Å². The standard InChI is InChI=1S/C26H32FN3O7/c1-4-5-6-29-10-12-9-15(31)17-13(19(12)27)7-11-8-14-20(30(2)3)22(33)18(25(28)36)24(35)26(14,37)23(34)16(11)21(17)32/h9,11,14,20,29,31-32,35,37H,4-8,10H2,1-3H3,(H2,28,36)/t11-,14-,20-,26-/m0/s1. The summed E-state index contributed by atoms with van der Waals surface area (Å²) >= 11 is 0. The molecule has 0 radical (unpaired) electrons. The van der Waals surface area contributed by atoms with Crippen LogP contribution in [0, 0.1) is 17.7 Å². The summed E-state index contributed by atoms with van der Waals surface area (Å²) in [4.78, 5) is 40.2. The number of hydrogen-bond acceptors (Lipinski definition) is 9. The van der Waals surface area contributed by atoms with Gasteiger partial charge in [-0.1, -0.05) is 13.3 Å². The van der Waals surface area contributed by atoms with E-state index in [9.17, 15) is 34.8 Å². The van der Waals surface area contributed by atoms with Crippen LogP contribution in [0.5, 0.6) is 5.75 Å². The van der Waals surface area contributed by atoms with Crippen molar-refractivity contribution in [3.05, 3.63) is 45.5 Å². The average Bonchev–Trinajstić information content (AvgIpc) is 2.81. The van der Waals surface area contributed by atoms with Gasteiger partial charge in [0, 0.05) is 29.2 Å². The molecule has 3 aliphatic carbocycles. The molecule has 1 saturated carbocycles. The fraction of sp³-hybridized carbons (Fsp3) is 0.500. The van der Waals surface area contributed by atoms with Gasteiger partial charge in [-0.25, -0.2) is 4.39 Å². The van der Waals surface area contributed by atoms with Gasteiger partial charge in [0.15, 0.2) is 11.4 Å². The maximum absolute atomic E-state index is 15.6. The number of halogens is 1. The zero-order chi connectivity index (χ0) is 27.4. The molecule has 0 heterocycles. The first-order valence-corrected chi connectivity index (χ1v) is 12.3. The van der Waals surface area contributed by atoms with Crippen molar-refractivity contribution in [1.29, 1.82) is 0 Å². The van der Waals surface area contributed by atoms with Crippen molar-refractivity contribution in [2.45, 2.75) is 50.8 Å². The molecule has 0 bridgehead atoms. The third-order valence-electron chi connectivity index (χ3n) is 7.75. The molecule has 0 aromatic heterocycles. The second kappa shape index (κ2) is 9.55. The predicted molar refractivity (Wildman–Crippen MR) is 131 cm³/mol. The Kier molecular flexibility index (Phi) is 6.91. The summed E-state index contributed by atoms with van der Waals surface area (Å²) in [6, 6.07) is -0.0105. The highest BCUT2D eigenvalue weighted by Gasteiger charge is 2.64. The number of aromatic hydroxyl groups is 1. The van der Waals surface area contributed by atoms with E-state index in [1.807, 2.05) is 6.92 Å². The van der Waals surface area contributed by atoms with Crippen LogP contribution in [0.1, 0.15) is 42.9 Å². The molecule has 0 spiro atoms. The van der Waals surface area contributed by atoms with Gasteiger partial charge in [0.2, 0.25) is 5.78 Å². The number of unbranched alkanes of at least 4 members (excludes halogenated alkanes) is 1. The SMILES string of the molecule is CCCCNCc1cc(O)c2c(c1F)C[C@H]1C[C@H]3[C@H](N(C)C)C(=O)C(C(N)=O)=C(O)[C@@]3(O)C(=O)C1=C2O. The van der Waals surface area contributed by atoms with Crippen LogP contribution in [0.3, 0.4) is 0 Å². The number of benzene rings is 1. The maximum atomic E-state index is 15.6. The predicted octanol–water partition coefficient (Wildman–Crippen LogP) is 0.993. The number of aliphatic hydroxyl groups is 3. The molecule has 37 heavy (non-hydrogen) atoms. The molecule has 7 N–H and O–H groups in total. The number of aliphatic hydroxyl groups excluding tert-OH is 2. The van der Waals surface area contributed by atoms with Gasteiger partial charge in [0.25, 0.3) is 5.91 Å². The van der Waals surface area contributed by atoms with Crippen LogP contribution in [-0.4, -0.2) is 75.1 Å². The number of ketones is 2. The molecular weight excluding hydrogens is 485 g/mol. The van der Waals surface area contributed by atoms with Crippen molar-refractivity contribution in [2.75, 3.05) is 20.6 Å². The van der Waals surface area contributed by atoms with Crippen LogP contribution in [-0.2, 0) is 27.3 Å². The summed E-state index contributed by atoms with van der Waals surface area (Å²) in [6.07, 6.45) is 1.67. The van der Waals surface area contributed by atoms with Crippen molar-refractivity contribution in [1.82, 2.24) is 10.2 Å². The summed E-state index contributed by atoms with van der Waals surface area (Å²) in [5.74, 6) is -8.22. The van der Waals surface area contributed by atoms with Crippen molar-refractivity contribution < 1.29 is 39.2 Å². The molecule has 0 unspecified atom stereocenters. The number of phenolic OH excluding ortho intramolecular Hbond substituents is 1. The van der Waals surface area contributed by atoms with E-state index in [0.29, 0.717) is 6.54 Å². The molecular formula is C26H32FN3O7. The number of likely N-dealkylation sites (N-methyl/N-ethyl adjacent to an activating group) is 1. The Morgan fingerprint density at radius 2 is 1.95 bits per heavy atom. The number of phenols is 1. The molecule has 3 aliphatic rings. The molecule has 4 atom stereocenters. The summed E-state index contributed by atoms with van der Waals surface area (Å²) in [5, 5.41) is 47.3. The highest BCUT2D eigenvalue weighted by atomic mass is 19.1. The number of carbonyl (C=O) groups excluding carboxylic acids is 3. The first-order valence-electron chi connectivity index (χ1n) is 12.3. The fourth-order valence-electron chi connectivity index (χ4n) is 6.00. The normalized spacial score (nSPS) is 27.4. The van der Waals surface area contributed by atoms with Gasteiger partial charge in [-0.3, -0.25) is 19.3 Å². The van der Waals surface area contributed by atoms with E-state index >= 15 is 4.39 Å². The van der Waals surface area contributed by atoms with Crippen LogP contribution >= 0.6 is 0 Å². The van der Waals surface area contributed by atoms with Crippen molar-refractivity contribution in [2.24, 2.45) is 17.6 Å². The quantitative estimate of drug-likeness (QED) is 0.228. The van der Waals surface area contributed by atoms with E-state index in [1.54, 1.807) is 0 Å². The zero-order valence-corrected chi connectivity index (χ0v) is 21.0. The minimum absolute atomic E-state index is 0.0258. The lowest BCUT2D eigenvalue weighted by Gasteiger charge is -2.50. The van der Waals surface area contributed by atoms with E-state index in [4.69, 9.17) is 5.73 Å². The molecule has 0 aliphatic heterocycles. The number of nitrogens with two attached hydrogens (primary N) is 1. The smallest absolute Gasteiger partial charge is 0.255 e. The Morgan fingerprint density at radius 3 is 2.54 bits per heavy atom. The molecule has 1 aromatic carbocycles. The lowest BCUT2D eigenvalue weighted by molar-refractivity contribution is -0.153. The number of primary amides is 1. The molecule has 4 rings (SSSR count). The van der Waals surface area contributed by atoms with Crippen LogP contribution in [0.15, 0.2) is 23.0 Å². The first kappa shape index (κ1) is 26.8. The number of rotatable bonds is 7. The molecule has 200 valence electrons. The Hall–Kier alpha value is -3.28. The summed E-state index contributed by atoms with van der Waals surface area (Å²) in [6.45, 7) is 2.84. The largest absolute Gasteiger partial charge is 0.508 e. The minimum atomic E-state index is -2.72. The number of carbonyl (C=O) groups is 3. The Bertz CT molecular complexity index is 1260. The van der Waals surface area contributed by atoms with E-state index in [0.717, 1.165) is 12.8 Å². The van der Waals surface area contributed by atoms with Crippen molar-refractivity contribution in [3.63, 3.8) is 0 Å². The van der Waals surface area contributed by atoms with Crippen LogP contribution < -0.4 is 11.1 Å². The molecule has 11 heteroatoms. The highest BCUT2D eigenvalue weighted by molar-refractivity contribution is 6.24. The van der Waals surface area contributed by atoms with Gasteiger partial charge in [-0.05, 0) is 51.9 Å². The number of amides is 1. The Balaban J connectivity index is 1.86. The number of nitrogens with one attached hydrogen (secondary N) is 1. The van der Waals surface area contributed by atoms with E-state index in [-0.39, 0.29) is 41.6 Å². The van der Waals surface area contributed by atoms with Crippen molar-refractivity contribution in [3.8, 4) is 5.75 Å². The molecule has 1 amide bonds.